The molecule has 10 nitrogen and oxygen atoms in total. The van der Waals surface area contributed by atoms with E-state index in [9.17, 15) is 18.3 Å². The number of carbonyl (C=O) groups excluding carboxylic acids is 1. The van der Waals surface area contributed by atoms with Gasteiger partial charge < -0.3 is 29.4 Å². The second-order valence-electron chi connectivity index (χ2n) is 9.33. The third-order valence-electron chi connectivity index (χ3n) is 6.68. The van der Waals surface area contributed by atoms with Gasteiger partial charge in [-0.2, -0.15) is 4.31 Å². The second kappa shape index (κ2) is 11.1. The van der Waals surface area contributed by atoms with Crippen LogP contribution in [0.4, 0.5) is 0 Å². The van der Waals surface area contributed by atoms with Gasteiger partial charge >= 0.3 is 0 Å². The number of nitrogens with zero attached hydrogens (tertiary/aromatic N) is 1. The van der Waals surface area contributed by atoms with Crippen LogP contribution in [0.5, 0.6) is 11.5 Å². The fourth-order valence-corrected chi connectivity index (χ4v) is 6.88. The van der Waals surface area contributed by atoms with E-state index in [1.807, 2.05) is 18.2 Å². The molecule has 4 atom stereocenters. The van der Waals surface area contributed by atoms with Crippen LogP contribution in [0.2, 0.25) is 5.02 Å². The standard InChI is InChI=1S/C25H29ClN2O8S/c26-17-2-1-3-20(9-17)37(31,32)28-12-18(29)13-33-14-24-21(28)6-5-19(36-24)10-25(30)27-11-16-4-7-22-23(8-16)35-15-34-22/h1-4,7-9,18-19,21,24,29H,5-6,10-15H2,(H,27,30)/t18-,19+,21-,24+/m1/s1. The molecule has 2 aromatic carbocycles. The second-order valence-corrected chi connectivity index (χ2v) is 11.7. The number of rotatable bonds is 6. The summed E-state index contributed by atoms with van der Waals surface area (Å²) >= 11 is 6.04. The molecule has 3 aliphatic heterocycles. The number of carbonyl (C=O) groups is 1. The van der Waals surface area contributed by atoms with Gasteiger partial charge in [0, 0.05) is 18.1 Å². The monoisotopic (exact) mass is 552 g/mol. The van der Waals surface area contributed by atoms with Crippen molar-refractivity contribution in [2.45, 2.75) is 55.1 Å². The summed E-state index contributed by atoms with van der Waals surface area (Å²) in [6.45, 7) is 0.487. The highest BCUT2D eigenvalue weighted by Crippen LogP contribution is 2.33. The number of amides is 1. The van der Waals surface area contributed by atoms with Crippen LogP contribution in [-0.4, -0.2) is 74.6 Å². The van der Waals surface area contributed by atoms with Gasteiger partial charge in [-0.25, -0.2) is 8.42 Å². The van der Waals surface area contributed by atoms with Crippen molar-refractivity contribution in [2.75, 3.05) is 26.6 Å². The maximum absolute atomic E-state index is 13.5. The lowest BCUT2D eigenvalue weighted by Gasteiger charge is -2.43. The zero-order chi connectivity index (χ0) is 26.0. The molecule has 12 heteroatoms. The molecule has 3 heterocycles. The Morgan fingerprint density at radius 3 is 2.78 bits per heavy atom. The molecular weight excluding hydrogens is 524 g/mol. The van der Waals surface area contributed by atoms with Gasteiger partial charge in [0.2, 0.25) is 22.7 Å². The first kappa shape index (κ1) is 26.2. The number of benzene rings is 2. The summed E-state index contributed by atoms with van der Waals surface area (Å²) in [5.41, 5.74) is 0.885. The van der Waals surface area contributed by atoms with E-state index in [1.54, 1.807) is 12.1 Å². The van der Waals surface area contributed by atoms with Crippen LogP contribution < -0.4 is 14.8 Å². The summed E-state index contributed by atoms with van der Waals surface area (Å²) < 4.78 is 50.8. The topological polar surface area (TPSA) is 124 Å². The van der Waals surface area contributed by atoms with E-state index in [1.165, 1.54) is 16.4 Å². The molecule has 0 saturated carbocycles. The highest BCUT2D eigenvalue weighted by Gasteiger charge is 2.43. The van der Waals surface area contributed by atoms with Crippen molar-refractivity contribution in [1.29, 1.82) is 0 Å². The third kappa shape index (κ3) is 6.02. The summed E-state index contributed by atoms with van der Waals surface area (Å²) in [5.74, 6) is 1.16. The largest absolute Gasteiger partial charge is 0.454 e. The van der Waals surface area contributed by atoms with E-state index >= 15 is 0 Å². The zero-order valence-corrected chi connectivity index (χ0v) is 21.6. The predicted octanol–water partition coefficient (Wildman–Crippen LogP) is 2.07. The highest BCUT2D eigenvalue weighted by molar-refractivity contribution is 7.89. The molecule has 0 spiro atoms. The van der Waals surface area contributed by atoms with Crippen LogP contribution in [0, 0.1) is 0 Å². The molecule has 0 aliphatic carbocycles. The normalized spacial score (nSPS) is 26.1. The molecular formula is C25H29ClN2O8S. The minimum Gasteiger partial charge on any atom is -0.454 e. The fourth-order valence-electron chi connectivity index (χ4n) is 4.86. The van der Waals surface area contributed by atoms with Gasteiger partial charge in [-0.15, -0.1) is 0 Å². The molecule has 2 N–H and O–H groups in total. The molecule has 37 heavy (non-hydrogen) atoms. The molecule has 3 aliphatic rings. The van der Waals surface area contributed by atoms with Gasteiger partial charge in [0.05, 0.1) is 48.9 Å². The number of sulfonamides is 1. The molecule has 0 aromatic heterocycles. The average molecular weight is 553 g/mol. The minimum absolute atomic E-state index is 0.0190. The summed E-state index contributed by atoms with van der Waals surface area (Å²) in [6.07, 6.45) is -0.868. The Balaban J connectivity index is 1.23. The summed E-state index contributed by atoms with van der Waals surface area (Å²) in [6, 6.07) is 11.0. The average Bonchev–Trinajstić information content (AvgIpc) is 3.33. The smallest absolute Gasteiger partial charge is 0.243 e. The van der Waals surface area contributed by atoms with Gasteiger partial charge in [0.15, 0.2) is 11.5 Å². The number of β-amino-alcohol motifs (C(OH)–C–C–N with tert-alkyl or cyclic N) is 1. The number of nitrogens with one attached hydrogen (secondary N) is 1. The number of hydrogen-bond donors (Lipinski definition) is 2. The number of ether oxygens (including phenoxy) is 4. The highest BCUT2D eigenvalue weighted by atomic mass is 35.5. The summed E-state index contributed by atoms with van der Waals surface area (Å²) in [7, 11) is -3.96. The van der Waals surface area contributed by atoms with Gasteiger partial charge in [-0.05, 0) is 48.7 Å². The van der Waals surface area contributed by atoms with Crippen LogP contribution in [0.1, 0.15) is 24.8 Å². The predicted molar refractivity (Wildman–Crippen MR) is 133 cm³/mol. The van der Waals surface area contributed by atoms with Crippen molar-refractivity contribution >= 4 is 27.5 Å². The number of halogens is 1. The van der Waals surface area contributed by atoms with Crippen LogP contribution in [0.3, 0.4) is 0 Å². The SMILES string of the molecule is O=C(C[C@@H]1CC[C@@H]2[C@H](COC[C@H](O)CN2S(=O)(=O)c2cccc(Cl)c2)O1)NCc1ccc2c(c1)OCO2. The van der Waals surface area contributed by atoms with Crippen molar-refractivity contribution in [2.24, 2.45) is 0 Å². The Labute approximate surface area is 220 Å². The molecule has 0 unspecified atom stereocenters. The van der Waals surface area contributed by atoms with E-state index in [2.05, 4.69) is 5.32 Å². The lowest BCUT2D eigenvalue weighted by molar-refractivity contribution is -0.146. The first-order valence-corrected chi connectivity index (χ1v) is 14.0. The van der Waals surface area contributed by atoms with E-state index in [0.717, 1.165) is 5.56 Å². The van der Waals surface area contributed by atoms with Gasteiger partial charge in [-0.1, -0.05) is 23.7 Å². The van der Waals surface area contributed by atoms with Crippen LogP contribution in [0.25, 0.3) is 0 Å². The number of hydrogen-bond acceptors (Lipinski definition) is 8. The molecule has 2 saturated heterocycles. The summed E-state index contributed by atoms with van der Waals surface area (Å²) in [4.78, 5) is 12.7. The number of fused-ring (bicyclic) bond motifs is 2. The third-order valence-corrected chi connectivity index (χ3v) is 8.80. The molecule has 0 bridgehead atoms. The zero-order valence-electron chi connectivity index (χ0n) is 20.0. The maximum atomic E-state index is 13.5. The van der Waals surface area contributed by atoms with Crippen molar-refractivity contribution < 1.29 is 37.3 Å². The quantitative estimate of drug-likeness (QED) is 0.558. The fraction of sp³-hybridized carbons (Fsp3) is 0.480. The molecule has 5 rings (SSSR count). The van der Waals surface area contributed by atoms with E-state index < -0.39 is 28.3 Å². The van der Waals surface area contributed by atoms with Crippen LogP contribution >= 0.6 is 11.6 Å². The molecule has 1 amide bonds. The van der Waals surface area contributed by atoms with Gasteiger partial charge in [0.1, 0.15) is 0 Å². The summed E-state index contributed by atoms with van der Waals surface area (Å²) in [5, 5.41) is 13.6. The minimum atomic E-state index is -3.96. The van der Waals surface area contributed by atoms with Crippen molar-refractivity contribution in [3.05, 3.63) is 53.1 Å². The van der Waals surface area contributed by atoms with E-state index in [4.69, 9.17) is 30.5 Å². The first-order valence-electron chi connectivity index (χ1n) is 12.1. The van der Waals surface area contributed by atoms with Crippen molar-refractivity contribution in [3.8, 4) is 11.5 Å². The molecule has 200 valence electrons. The van der Waals surface area contributed by atoms with Crippen LogP contribution in [-0.2, 0) is 30.8 Å². The van der Waals surface area contributed by atoms with Crippen molar-refractivity contribution in [3.63, 3.8) is 0 Å². The first-order chi connectivity index (χ1) is 17.8. The van der Waals surface area contributed by atoms with E-state index in [0.29, 0.717) is 35.9 Å². The Bertz CT molecular complexity index is 1240. The Morgan fingerprint density at radius 1 is 1.11 bits per heavy atom. The Hall–Kier alpha value is -2.41. The Morgan fingerprint density at radius 2 is 1.95 bits per heavy atom. The van der Waals surface area contributed by atoms with Gasteiger partial charge in [0.25, 0.3) is 0 Å². The molecule has 0 radical (unpaired) electrons. The lowest BCUT2D eigenvalue weighted by Crippen LogP contribution is -2.57. The number of aliphatic hydroxyl groups excluding tert-OH is 1. The van der Waals surface area contributed by atoms with E-state index in [-0.39, 0.29) is 49.9 Å². The molecule has 2 fully saturated rings. The van der Waals surface area contributed by atoms with Gasteiger partial charge in [-0.3, -0.25) is 4.79 Å². The number of aliphatic hydroxyl groups is 1. The maximum Gasteiger partial charge on any atom is 0.243 e. The lowest BCUT2D eigenvalue weighted by atomic mass is 9.96. The molecule has 2 aromatic rings. The van der Waals surface area contributed by atoms with Crippen LogP contribution in [0.15, 0.2) is 47.4 Å². The van der Waals surface area contributed by atoms with Crippen molar-refractivity contribution in [1.82, 2.24) is 9.62 Å². The Kier molecular flexibility index (Phi) is 7.89.